The van der Waals surface area contributed by atoms with E-state index >= 15 is 0 Å². The molecule has 54 heavy (non-hydrogen) atoms. The van der Waals surface area contributed by atoms with Gasteiger partial charge in [0.1, 0.15) is 0 Å². The third-order valence-electron chi connectivity index (χ3n) is 13.3. The second-order valence-electron chi connectivity index (χ2n) is 18.5. The number of nitrogens with zero attached hydrogens (tertiary/aromatic N) is 1. The van der Waals surface area contributed by atoms with Crippen molar-refractivity contribution in [3.8, 4) is 0 Å². The molecule has 3 amide bonds. The lowest BCUT2D eigenvalue weighted by Crippen LogP contribution is -2.50. The molecule has 1 N–H and O–H groups in total. The van der Waals surface area contributed by atoms with Gasteiger partial charge in [-0.25, -0.2) is 0 Å². The molecule has 1 aliphatic carbocycles. The highest BCUT2D eigenvalue weighted by Crippen LogP contribution is 2.48. The molecule has 1 heterocycles. The fourth-order valence-electron chi connectivity index (χ4n) is 10.5. The van der Waals surface area contributed by atoms with E-state index in [0.717, 1.165) is 55.9 Å². The van der Waals surface area contributed by atoms with Gasteiger partial charge in [-0.2, -0.15) is 0 Å². The fraction of sp³-hybridized carbons (Fsp3) is 0.898. The molecular weight excluding hydrogens is 665 g/mol. The Morgan fingerprint density at radius 3 is 1.50 bits per heavy atom. The van der Waals surface area contributed by atoms with E-state index in [2.05, 4.69) is 39.9 Å². The van der Waals surface area contributed by atoms with Crippen LogP contribution in [0.3, 0.4) is 0 Å². The van der Waals surface area contributed by atoms with Crippen LogP contribution < -0.4 is 5.32 Å². The number of hydrogen-bond donors (Lipinski definition) is 1. The van der Waals surface area contributed by atoms with E-state index in [4.69, 9.17) is 0 Å². The Morgan fingerprint density at radius 1 is 0.630 bits per heavy atom. The molecular formula is C49H90N2O3. The number of nitrogens with one attached hydrogen (secondary N) is 1. The molecule has 5 nitrogen and oxygen atoms in total. The van der Waals surface area contributed by atoms with Crippen LogP contribution in [0, 0.1) is 29.6 Å². The van der Waals surface area contributed by atoms with Crippen molar-refractivity contribution in [1.29, 1.82) is 0 Å². The van der Waals surface area contributed by atoms with E-state index in [1.54, 1.807) is 4.90 Å². The summed E-state index contributed by atoms with van der Waals surface area (Å²) in [6.07, 6.45) is 43.5. The van der Waals surface area contributed by atoms with Crippen molar-refractivity contribution in [1.82, 2.24) is 10.2 Å². The van der Waals surface area contributed by atoms with Gasteiger partial charge in [0.2, 0.25) is 5.91 Å². The van der Waals surface area contributed by atoms with Crippen molar-refractivity contribution in [2.75, 3.05) is 6.54 Å². The van der Waals surface area contributed by atoms with E-state index in [0.29, 0.717) is 12.3 Å². The Hall–Kier alpha value is -1.65. The van der Waals surface area contributed by atoms with Crippen molar-refractivity contribution in [2.45, 2.75) is 246 Å². The molecule has 0 radical (unpaired) electrons. The molecule has 1 fully saturated rings. The zero-order chi connectivity index (χ0) is 39.4. The summed E-state index contributed by atoms with van der Waals surface area (Å²) in [6, 6.07) is 0. The number of hydrogen-bond acceptors (Lipinski definition) is 3. The molecule has 0 aromatic carbocycles. The van der Waals surface area contributed by atoms with Crippen LogP contribution >= 0.6 is 0 Å². The minimum absolute atomic E-state index is 0.133. The first-order valence-electron chi connectivity index (χ1n) is 24.0. The van der Waals surface area contributed by atoms with Gasteiger partial charge in [0.25, 0.3) is 11.8 Å². The highest BCUT2D eigenvalue weighted by Gasteiger charge is 2.41. The van der Waals surface area contributed by atoms with Crippen LogP contribution in [-0.4, -0.2) is 34.7 Å². The lowest BCUT2D eigenvalue weighted by molar-refractivity contribution is -0.144. The monoisotopic (exact) mass is 755 g/mol. The molecule has 0 spiro atoms. The van der Waals surface area contributed by atoms with Crippen molar-refractivity contribution in [3.63, 3.8) is 0 Å². The van der Waals surface area contributed by atoms with Crippen LogP contribution in [0.25, 0.3) is 0 Å². The molecule has 0 aromatic rings. The third kappa shape index (κ3) is 19.5. The molecule has 0 saturated heterocycles. The molecule has 1 aliphatic heterocycles. The topological polar surface area (TPSA) is 66.5 Å². The molecule has 0 aromatic heterocycles. The van der Waals surface area contributed by atoms with Crippen LogP contribution in [0.15, 0.2) is 12.2 Å². The Bertz CT molecular complexity index is 1000. The smallest absolute Gasteiger partial charge is 0.254 e. The number of rotatable bonds is 34. The van der Waals surface area contributed by atoms with E-state index in [-0.39, 0.29) is 23.3 Å². The predicted octanol–water partition coefficient (Wildman–Crippen LogP) is 14.1. The Labute approximate surface area is 335 Å². The first-order valence-corrected chi connectivity index (χ1v) is 24.0. The molecule has 5 atom stereocenters. The van der Waals surface area contributed by atoms with Gasteiger partial charge in [0.05, 0.1) is 0 Å². The molecule has 0 bridgehead atoms. The number of unbranched alkanes of at least 4 members (excludes halogenated alkanes) is 18. The lowest BCUT2D eigenvalue weighted by atomic mass is 9.61. The summed E-state index contributed by atoms with van der Waals surface area (Å²) in [4.78, 5) is 38.2. The van der Waals surface area contributed by atoms with Crippen LogP contribution in [0.1, 0.15) is 241 Å². The summed E-state index contributed by atoms with van der Waals surface area (Å²) in [6.45, 7) is 14.0. The zero-order valence-corrected chi connectivity index (χ0v) is 36.8. The Morgan fingerprint density at radius 2 is 1.04 bits per heavy atom. The number of imide groups is 1. The van der Waals surface area contributed by atoms with Crippen LogP contribution in [-0.2, 0) is 14.4 Å². The lowest BCUT2D eigenvalue weighted by Gasteiger charge is -2.44. The Balaban J connectivity index is 1.90. The van der Waals surface area contributed by atoms with Gasteiger partial charge < -0.3 is 5.32 Å². The van der Waals surface area contributed by atoms with Crippen LogP contribution in [0.5, 0.6) is 0 Å². The second-order valence-corrected chi connectivity index (χ2v) is 18.5. The van der Waals surface area contributed by atoms with Gasteiger partial charge in [-0.3, -0.25) is 19.3 Å². The summed E-state index contributed by atoms with van der Waals surface area (Å²) in [5.41, 5.74) is -0.380. The van der Waals surface area contributed by atoms with Crippen LogP contribution in [0.2, 0.25) is 0 Å². The zero-order valence-electron chi connectivity index (χ0n) is 36.8. The number of amides is 3. The maximum atomic E-state index is 12.5. The quantitative estimate of drug-likeness (QED) is 0.0525. The summed E-state index contributed by atoms with van der Waals surface area (Å²) >= 11 is 0. The average Bonchev–Trinajstić information content (AvgIpc) is 3.50. The maximum Gasteiger partial charge on any atom is 0.254 e. The third-order valence-corrected chi connectivity index (χ3v) is 13.3. The van der Waals surface area contributed by atoms with E-state index in [1.165, 1.54) is 179 Å². The normalized spacial score (nSPS) is 21.4. The SMILES string of the molecule is CCCCCCCCC1C(CCCCCC)CCC(CCCCCCCCC(C)(CC(C)C)N2C(=O)C=CC2=O)C1CCCCCCCCNC(=O)CC. The van der Waals surface area contributed by atoms with Crippen molar-refractivity contribution >= 4 is 17.7 Å². The van der Waals surface area contributed by atoms with Gasteiger partial charge in [-0.1, -0.05) is 182 Å². The fourth-order valence-corrected chi connectivity index (χ4v) is 10.5. The largest absolute Gasteiger partial charge is 0.356 e. The minimum Gasteiger partial charge on any atom is -0.356 e. The first-order chi connectivity index (χ1) is 26.2. The van der Waals surface area contributed by atoms with E-state index in [9.17, 15) is 14.4 Å². The summed E-state index contributed by atoms with van der Waals surface area (Å²) in [5, 5.41) is 3.04. The molecule has 2 rings (SSSR count). The van der Waals surface area contributed by atoms with Gasteiger partial charge in [-0.05, 0) is 81.5 Å². The van der Waals surface area contributed by atoms with E-state index in [1.807, 2.05) is 6.92 Å². The van der Waals surface area contributed by atoms with Gasteiger partial charge in [-0.15, -0.1) is 0 Å². The summed E-state index contributed by atoms with van der Waals surface area (Å²) in [5.74, 6) is 4.12. The Kier molecular flexibility index (Phi) is 26.6. The number of carbonyl (C=O) groups is 3. The summed E-state index contributed by atoms with van der Waals surface area (Å²) < 4.78 is 0. The average molecular weight is 755 g/mol. The molecule has 2 aliphatic rings. The van der Waals surface area contributed by atoms with E-state index < -0.39 is 0 Å². The van der Waals surface area contributed by atoms with Crippen molar-refractivity contribution in [3.05, 3.63) is 12.2 Å². The first kappa shape index (κ1) is 48.5. The van der Waals surface area contributed by atoms with Crippen LogP contribution in [0.4, 0.5) is 0 Å². The van der Waals surface area contributed by atoms with Crippen molar-refractivity contribution < 1.29 is 14.4 Å². The molecule has 5 heteroatoms. The molecule has 314 valence electrons. The number of carbonyl (C=O) groups excluding carboxylic acids is 3. The second kappa shape index (κ2) is 29.6. The maximum absolute atomic E-state index is 12.5. The standard InChI is InChI=1S/C49H90N2O3/c1-7-10-12-14-20-26-32-44-42(30-24-13-11-8-2)34-35-43(45(44)33-27-21-16-18-23-29-39-50-46(52)9-3)31-25-19-15-17-22-28-38-49(6,40-41(4)5)51-47(53)36-37-48(51)54/h36-37,41-45H,7-35,38-40H2,1-6H3,(H,50,52). The molecule has 1 saturated carbocycles. The predicted molar refractivity (Wildman–Crippen MR) is 231 cm³/mol. The van der Waals surface area contributed by atoms with Gasteiger partial charge >= 0.3 is 0 Å². The molecule has 5 unspecified atom stereocenters. The van der Waals surface area contributed by atoms with Gasteiger partial charge in [0, 0.05) is 30.7 Å². The highest BCUT2D eigenvalue weighted by atomic mass is 16.2. The van der Waals surface area contributed by atoms with Crippen molar-refractivity contribution in [2.24, 2.45) is 29.6 Å². The summed E-state index contributed by atoms with van der Waals surface area (Å²) in [7, 11) is 0. The van der Waals surface area contributed by atoms with Gasteiger partial charge in [0.15, 0.2) is 0 Å². The highest BCUT2D eigenvalue weighted by molar-refractivity contribution is 6.13. The minimum atomic E-state index is -0.380.